The van der Waals surface area contributed by atoms with Gasteiger partial charge in [0, 0.05) is 22.5 Å². The average molecular weight is 396 g/mol. The summed E-state index contributed by atoms with van der Waals surface area (Å²) in [7, 11) is 0. The molecule has 0 fully saturated rings. The molecule has 0 amide bonds. The van der Waals surface area contributed by atoms with E-state index in [-0.39, 0.29) is 5.41 Å². The van der Waals surface area contributed by atoms with Crippen molar-refractivity contribution in [3.8, 4) is 0 Å². The Labute approximate surface area is 181 Å². The second-order valence-electron chi connectivity index (χ2n) is 9.94. The van der Waals surface area contributed by atoms with Crippen molar-refractivity contribution in [2.24, 2.45) is 5.92 Å². The van der Waals surface area contributed by atoms with Gasteiger partial charge in [0.25, 0.3) is 0 Å². The zero-order chi connectivity index (χ0) is 20.9. The van der Waals surface area contributed by atoms with Gasteiger partial charge in [0.1, 0.15) is 0 Å². The van der Waals surface area contributed by atoms with Gasteiger partial charge in [-0.2, -0.15) is 0 Å². The summed E-state index contributed by atoms with van der Waals surface area (Å²) in [6.07, 6.45) is 10.9. The first-order valence-electron chi connectivity index (χ1n) is 11.5. The first kappa shape index (κ1) is 19.4. The lowest BCUT2D eigenvalue weighted by Crippen LogP contribution is -2.26. The molecule has 0 saturated heterocycles. The quantitative estimate of drug-likeness (QED) is 0.510. The molecule has 5 rings (SSSR count). The van der Waals surface area contributed by atoms with Gasteiger partial charge in [0.15, 0.2) is 0 Å². The van der Waals surface area contributed by atoms with Crippen molar-refractivity contribution >= 4 is 11.3 Å². The number of hydrogen-bond donors (Lipinski definition) is 0. The standard InChI is InChI=1S/C29H33N/c1-20-9-13-22(14-10-20)30(23-15-11-21(2)12-16-23)24-17-18-26-25-7-5-6-8-27(25)29(3,4)28(26)19-24/h5-10,13-15,19,21H,11-12,16-18H2,1-4H3. The fraction of sp³-hybridized carbons (Fsp3) is 0.379. The lowest BCUT2D eigenvalue weighted by atomic mass is 9.79. The number of benzene rings is 2. The lowest BCUT2D eigenvalue weighted by molar-refractivity contribution is 0.508. The van der Waals surface area contributed by atoms with Crippen LogP contribution in [0.2, 0.25) is 0 Å². The van der Waals surface area contributed by atoms with Crippen molar-refractivity contribution in [2.75, 3.05) is 4.90 Å². The van der Waals surface area contributed by atoms with Gasteiger partial charge in [-0.05, 0) is 85.4 Å². The number of hydrogen-bond acceptors (Lipinski definition) is 1. The fourth-order valence-electron chi connectivity index (χ4n) is 5.53. The number of fused-ring (bicyclic) bond motifs is 2. The van der Waals surface area contributed by atoms with Crippen molar-refractivity contribution in [1.82, 2.24) is 0 Å². The largest absolute Gasteiger partial charge is 0.318 e. The van der Waals surface area contributed by atoms with E-state index >= 15 is 0 Å². The van der Waals surface area contributed by atoms with Gasteiger partial charge >= 0.3 is 0 Å². The SMILES string of the molecule is Cc1ccc(N(C2=CC3=C(CC2)c2ccccc2C3(C)C)C2=CCC(C)CC2)cc1. The second kappa shape index (κ2) is 7.30. The zero-order valence-electron chi connectivity index (χ0n) is 18.8. The Balaban J connectivity index is 1.60. The first-order valence-corrected chi connectivity index (χ1v) is 11.5. The summed E-state index contributed by atoms with van der Waals surface area (Å²) in [4.78, 5) is 2.58. The molecule has 3 aliphatic carbocycles. The van der Waals surface area contributed by atoms with Crippen LogP contribution in [0.1, 0.15) is 69.6 Å². The number of anilines is 1. The molecule has 1 heteroatoms. The molecule has 0 aliphatic heterocycles. The summed E-state index contributed by atoms with van der Waals surface area (Å²) in [6, 6.07) is 18.1. The molecule has 0 heterocycles. The molecule has 1 nitrogen and oxygen atoms in total. The Kier molecular flexibility index (Phi) is 4.73. The van der Waals surface area contributed by atoms with E-state index in [0.29, 0.717) is 0 Å². The number of aryl methyl sites for hydroxylation is 1. The van der Waals surface area contributed by atoms with Crippen LogP contribution in [0.25, 0.3) is 5.57 Å². The van der Waals surface area contributed by atoms with E-state index in [1.807, 2.05) is 0 Å². The smallest absolute Gasteiger partial charge is 0.0455 e. The predicted molar refractivity (Wildman–Crippen MR) is 128 cm³/mol. The van der Waals surface area contributed by atoms with Crippen LogP contribution in [0.4, 0.5) is 5.69 Å². The molecule has 1 atom stereocenters. The maximum atomic E-state index is 2.58. The van der Waals surface area contributed by atoms with Crippen molar-refractivity contribution in [1.29, 1.82) is 0 Å². The highest BCUT2D eigenvalue weighted by Crippen LogP contribution is 2.51. The molecule has 2 aromatic rings. The van der Waals surface area contributed by atoms with E-state index < -0.39 is 0 Å². The molecule has 1 unspecified atom stereocenters. The molecule has 3 aliphatic rings. The molecule has 154 valence electrons. The zero-order valence-corrected chi connectivity index (χ0v) is 18.8. The minimum absolute atomic E-state index is 0.0754. The Morgan fingerprint density at radius 1 is 0.900 bits per heavy atom. The summed E-state index contributed by atoms with van der Waals surface area (Å²) < 4.78 is 0. The van der Waals surface area contributed by atoms with Gasteiger partial charge in [0.2, 0.25) is 0 Å². The van der Waals surface area contributed by atoms with Crippen molar-refractivity contribution < 1.29 is 0 Å². The molecule has 0 saturated carbocycles. The fourth-order valence-corrected chi connectivity index (χ4v) is 5.53. The third kappa shape index (κ3) is 3.16. The van der Waals surface area contributed by atoms with Crippen LogP contribution in [-0.2, 0) is 5.41 Å². The van der Waals surface area contributed by atoms with Crippen LogP contribution >= 0.6 is 0 Å². The van der Waals surface area contributed by atoms with Gasteiger partial charge in [-0.3, -0.25) is 0 Å². The maximum Gasteiger partial charge on any atom is 0.0455 e. The lowest BCUT2D eigenvalue weighted by Gasteiger charge is -2.36. The second-order valence-corrected chi connectivity index (χ2v) is 9.94. The van der Waals surface area contributed by atoms with E-state index in [0.717, 1.165) is 18.8 Å². The molecule has 0 spiro atoms. The van der Waals surface area contributed by atoms with Crippen molar-refractivity contribution in [3.05, 3.63) is 94.3 Å². The van der Waals surface area contributed by atoms with Gasteiger partial charge in [-0.25, -0.2) is 0 Å². The Morgan fingerprint density at radius 3 is 2.40 bits per heavy atom. The number of rotatable bonds is 3. The van der Waals surface area contributed by atoms with Crippen LogP contribution in [0.3, 0.4) is 0 Å². The Bertz CT molecular complexity index is 1060. The van der Waals surface area contributed by atoms with Crippen LogP contribution in [-0.4, -0.2) is 0 Å². The van der Waals surface area contributed by atoms with Gasteiger partial charge in [-0.15, -0.1) is 0 Å². The molecular formula is C29H33N. The van der Waals surface area contributed by atoms with E-state index in [2.05, 4.69) is 93.3 Å². The number of nitrogens with zero attached hydrogens (tertiary/aromatic N) is 1. The van der Waals surface area contributed by atoms with Crippen LogP contribution in [0, 0.1) is 12.8 Å². The van der Waals surface area contributed by atoms with Gasteiger partial charge in [-0.1, -0.05) is 68.8 Å². The molecule has 30 heavy (non-hydrogen) atoms. The third-order valence-electron chi connectivity index (χ3n) is 7.38. The summed E-state index contributed by atoms with van der Waals surface area (Å²) in [5.74, 6) is 0.798. The van der Waals surface area contributed by atoms with Gasteiger partial charge < -0.3 is 4.90 Å². The molecule has 0 radical (unpaired) electrons. The van der Waals surface area contributed by atoms with E-state index in [1.165, 1.54) is 58.6 Å². The van der Waals surface area contributed by atoms with E-state index in [1.54, 1.807) is 5.57 Å². The number of allylic oxidation sites excluding steroid dienone is 6. The monoisotopic (exact) mass is 395 g/mol. The molecule has 0 aromatic heterocycles. The third-order valence-corrected chi connectivity index (χ3v) is 7.38. The van der Waals surface area contributed by atoms with E-state index in [4.69, 9.17) is 0 Å². The van der Waals surface area contributed by atoms with E-state index in [9.17, 15) is 0 Å². The Hall–Kier alpha value is -2.54. The minimum atomic E-state index is 0.0754. The molecule has 0 bridgehead atoms. The predicted octanol–water partition coefficient (Wildman–Crippen LogP) is 7.93. The first-order chi connectivity index (χ1) is 14.4. The summed E-state index contributed by atoms with van der Waals surface area (Å²) in [5, 5.41) is 0. The highest BCUT2D eigenvalue weighted by molar-refractivity contribution is 5.84. The Morgan fingerprint density at radius 2 is 1.67 bits per heavy atom. The average Bonchev–Trinajstić information content (AvgIpc) is 2.98. The maximum absolute atomic E-state index is 2.58. The molecular weight excluding hydrogens is 362 g/mol. The molecule has 2 aromatic carbocycles. The normalized spacial score (nSPS) is 22.2. The summed E-state index contributed by atoms with van der Waals surface area (Å²) in [6.45, 7) is 9.33. The molecule has 0 N–H and O–H groups in total. The summed E-state index contributed by atoms with van der Waals surface area (Å²) >= 11 is 0. The highest BCUT2D eigenvalue weighted by atomic mass is 15.2. The topological polar surface area (TPSA) is 3.24 Å². The van der Waals surface area contributed by atoms with Gasteiger partial charge in [0.05, 0.1) is 0 Å². The van der Waals surface area contributed by atoms with Crippen LogP contribution in [0.15, 0.2) is 77.7 Å². The van der Waals surface area contributed by atoms with Crippen LogP contribution < -0.4 is 4.90 Å². The van der Waals surface area contributed by atoms with Crippen molar-refractivity contribution in [3.63, 3.8) is 0 Å². The minimum Gasteiger partial charge on any atom is -0.318 e. The van der Waals surface area contributed by atoms with Crippen LogP contribution in [0.5, 0.6) is 0 Å². The summed E-state index contributed by atoms with van der Waals surface area (Å²) in [5.41, 5.74) is 11.7. The highest BCUT2D eigenvalue weighted by Gasteiger charge is 2.38. The van der Waals surface area contributed by atoms with Crippen molar-refractivity contribution in [2.45, 2.75) is 65.2 Å².